The highest BCUT2D eigenvalue weighted by Crippen LogP contribution is 2.42. The standard InChI is InChI=1S/C30H31F9N2O5/c1-4-40(22-7-5-17(6-8-22)26(42)44-3)24-10-9-23(46-30(37,38)39)13-19(24)15-41-16(2)25(45-27(41)43)18-11-20(28(31,32)33)14-21(12-18)29(34,35)36/h9-14,16-17,22,25H,4-8,15H2,1-3H3. The highest BCUT2D eigenvalue weighted by molar-refractivity contribution is 5.73. The van der Waals surface area contributed by atoms with E-state index in [9.17, 15) is 49.1 Å². The van der Waals surface area contributed by atoms with Gasteiger partial charge < -0.3 is 19.1 Å². The molecule has 1 saturated heterocycles. The van der Waals surface area contributed by atoms with Gasteiger partial charge in [-0.25, -0.2) is 4.79 Å². The minimum absolute atomic E-state index is 0.0425. The Morgan fingerprint density at radius 1 is 0.935 bits per heavy atom. The monoisotopic (exact) mass is 670 g/mol. The Balaban J connectivity index is 1.68. The van der Waals surface area contributed by atoms with E-state index in [0.717, 1.165) is 17.0 Å². The maximum Gasteiger partial charge on any atom is 0.573 e. The summed E-state index contributed by atoms with van der Waals surface area (Å²) in [4.78, 5) is 28.0. The molecule has 1 aliphatic heterocycles. The van der Waals surface area contributed by atoms with Crippen molar-refractivity contribution in [2.45, 2.75) is 83.0 Å². The Bertz CT molecular complexity index is 1390. The molecule has 0 N–H and O–H groups in total. The van der Waals surface area contributed by atoms with E-state index in [4.69, 9.17) is 9.47 Å². The molecule has 2 fully saturated rings. The second-order valence-corrected chi connectivity index (χ2v) is 11.2. The lowest BCUT2D eigenvalue weighted by Crippen LogP contribution is -2.40. The molecule has 1 aliphatic carbocycles. The Morgan fingerprint density at radius 2 is 1.52 bits per heavy atom. The summed E-state index contributed by atoms with van der Waals surface area (Å²) in [7, 11) is 1.29. The molecular weight excluding hydrogens is 639 g/mol. The van der Waals surface area contributed by atoms with Crippen LogP contribution in [0.15, 0.2) is 36.4 Å². The van der Waals surface area contributed by atoms with Gasteiger partial charge in [-0.05, 0) is 87.1 Å². The van der Waals surface area contributed by atoms with E-state index >= 15 is 0 Å². The third kappa shape index (κ3) is 7.92. The van der Waals surface area contributed by atoms with Gasteiger partial charge in [0.2, 0.25) is 0 Å². The Labute approximate surface area is 258 Å². The van der Waals surface area contributed by atoms with Crippen LogP contribution in [0.5, 0.6) is 5.75 Å². The number of halogens is 9. The topological polar surface area (TPSA) is 68.3 Å². The number of carbonyl (C=O) groups is 2. The summed E-state index contributed by atoms with van der Waals surface area (Å²) >= 11 is 0. The number of hydrogen-bond donors (Lipinski definition) is 0. The first-order valence-corrected chi connectivity index (χ1v) is 14.3. The average molecular weight is 671 g/mol. The summed E-state index contributed by atoms with van der Waals surface area (Å²) in [6.45, 7) is 3.14. The van der Waals surface area contributed by atoms with Crippen LogP contribution < -0.4 is 9.64 Å². The number of amides is 1. The molecule has 0 aromatic heterocycles. The van der Waals surface area contributed by atoms with Crippen LogP contribution in [-0.4, -0.2) is 49.1 Å². The van der Waals surface area contributed by atoms with Gasteiger partial charge in [-0.1, -0.05) is 0 Å². The van der Waals surface area contributed by atoms with E-state index in [0.29, 0.717) is 50.0 Å². The molecule has 1 amide bonds. The Morgan fingerprint density at radius 3 is 2.02 bits per heavy atom. The number of anilines is 1. The SMILES string of the molecule is CCN(c1ccc(OC(F)(F)F)cc1CN1C(=O)OC(c2cc(C(F)(F)F)cc(C(F)(F)F)c2)C1C)C1CCC(C(=O)OC)CC1. The molecule has 2 aromatic rings. The van der Waals surface area contributed by atoms with Crippen molar-refractivity contribution in [1.29, 1.82) is 0 Å². The lowest BCUT2D eigenvalue weighted by atomic mass is 9.85. The minimum atomic E-state index is -5.13. The lowest BCUT2D eigenvalue weighted by molar-refractivity contribution is -0.274. The third-order valence-electron chi connectivity index (χ3n) is 8.28. The molecule has 46 heavy (non-hydrogen) atoms. The predicted octanol–water partition coefficient (Wildman–Crippen LogP) is 8.26. The number of rotatable bonds is 8. The fourth-order valence-electron chi connectivity index (χ4n) is 6.07. The summed E-state index contributed by atoms with van der Waals surface area (Å²) in [5.41, 5.74) is -3.11. The van der Waals surface area contributed by atoms with Crippen molar-refractivity contribution in [2.75, 3.05) is 18.6 Å². The minimum Gasteiger partial charge on any atom is -0.469 e. The van der Waals surface area contributed by atoms with Crippen LogP contribution in [0.1, 0.15) is 67.9 Å². The van der Waals surface area contributed by atoms with Crippen LogP contribution >= 0.6 is 0 Å². The summed E-state index contributed by atoms with van der Waals surface area (Å²) in [6.07, 6.45) is -15.8. The first-order chi connectivity index (χ1) is 21.3. The highest BCUT2D eigenvalue weighted by Gasteiger charge is 2.44. The molecule has 0 spiro atoms. The maximum absolute atomic E-state index is 13.5. The van der Waals surface area contributed by atoms with Crippen LogP contribution in [0.3, 0.4) is 0 Å². The molecule has 2 aliphatic rings. The van der Waals surface area contributed by atoms with E-state index in [1.54, 1.807) is 0 Å². The molecule has 7 nitrogen and oxygen atoms in total. The summed E-state index contributed by atoms with van der Waals surface area (Å²) < 4.78 is 134. The first kappa shape index (κ1) is 35.0. The fourth-order valence-corrected chi connectivity index (χ4v) is 6.07. The number of alkyl halides is 9. The van der Waals surface area contributed by atoms with Crippen molar-refractivity contribution in [3.05, 3.63) is 58.7 Å². The number of esters is 1. The van der Waals surface area contributed by atoms with Gasteiger partial charge in [-0.3, -0.25) is 9.69 Å². The molecule has 0 bridgehead atoms. The molecule has 16 heteroatoms. The summed E-state index contributed by atoms with van der Waals surface area (Å²) in [6, 6.07) is 3.20. The highest BCUT2D eigenvalue weighted by atomic mass is 19.4. The van der Waals surface area contributed by atoms with Crippen LogP contribution in [-0.2, 0) is 33.2 Å². The van der Waals surface area contributed by atoms with Gasteiger partial charge in [0.1, 0.15) is 11.9 Å². The predicted molar refractivity (Wildman–Crippen MR) is 145 cm³/mol. The van der Waals surface area contributed by atoms with Gasteiger partial charge in [0.25, 0.3) is 0 Å². The third-order valence-corrected chi connectivity index (χ3v) is 8.28. The van der Waals surface area contributed by atoms with E-state index in [-0.39, 0.29) is 29.6 Å². The number of nitrogens with zero attached hydrogens (tertiary/aromatic N) is 2. The zero-order chi connectivity index (χ0) is 34.2. The van der Waals surface area contributed by atoms with E-state index in [1.165, 1.54) is 20.1 Å². The van der Waals surface area contributed by atoms with Crippen LogP contribution in [0.2, 0.25) is 0 Å². The fraction of sp³-hybridized carbons (Fsp3) is 0.533. The molecule has 0 radical (unpaired) electrons. The van der Waals surface area contributed by atoms with Gasteiger partial charge >= 0.3 is 30.8 Å². The second-order valence-electron chi connectivity index (χ2n) is 11.2. The first-order valence-electron chi connectivity index (χ1n) is 14.3. The van der Waals surface area contributed by atoms with E-state index in [1.807, 2.05) is 11.8 Å². The number of benzene rings is 2. The molecule has 1 heterocycles. The Kier molecular flexibility index (Phi) is 9.97. The van der Waals surface area contributed by atoms with Crippen molar-refractivity contribution in [3.63, 3.8) is 0 Å². The van der Waals surface area contributed by atoms with Crippen molar-refractivity contribution >= 4 is 17.7 Å². The van der Waals surface area contributed by atoms with Crippen LogP contribution in [0, 0.1) is 5.92 Å². The van der Waals surface area contributed by atoms with Gasteiger partial charge in [0.15, 0.2) is 0 Å². The maximum atomic E-state index is 13.5. The van der Waals surface area contributed by atoms with Crippen molar-refractivity contribution < 1.29 is 63.3 Å². The zero-order valence-corrected chi connectivity index (χ0v) is 24.9. The molecular formula is C30H31F9N2O5. The number of carbonyl (C=O) groups excluding carboxylic acids is 2. The smallest absolute Gasteiger partial charge is 0.469 e. The quantitative estimate of drug-likeness (QED) is 0.208. The van der Waals surface area contributed by atoms with Crippen LogP contribution in [0.4, 0.5) is 50.0 Å². The normalized spacial score (nSPS) is 22.4. The molecule has 254 valence electrons. The molecule has 2 atom stereocenters. The summed E-state index contributed by atoms with van der Waals surface area (Å²) in [5, 5.41) is 0. The molecule has 2 unspecified atom stereocenters. The number of cyclic esters (lactones) is 1. The van der Waals surface area contributed by atoms with Crippen molar-refractivity contribution in [1.82, 2.24) is 4.90 Å². The van der Waals surface area contributed by atoms with Gasteiger partial charge in [-0.2, -0.15) is 26.3 Å². The van der Waals surface area contributed by atoms with Gasteiger partial charge in [0, 0.05) is 18.3 Å². The summed E-state index contributed by atoms with van der Waals surface area (Å²) in [5.74, 6) is -1.23. The Hall–Kier alpha value is -3.85. The van der Waals surface area contributed by atoms with Crippen molar-refractivity contribution in [3.8, 4) is 5.75 Å². The van der Waals surface area contributed by atoms with E-state index < -0.39 is 65.9 Å². The van der Waals surface area contributed by atoms with Gasteiger partial charge in [0.05, 0.1) is 36.7 Å². The molecule has 2 aromatic carbocycles. The number of ether oxygens (including phenoxy) is 3. The van der Waals surface area contributed by atoms with Crippen LogP contribution in [0.25, 0.3) is 0 Å². The average Bonchev–Trinajstić information content (AvgIpc) is 3.25. The number of methoxy groups -OCH3 is 1. The van der Waals surface area contributed by atoms with Crippen molar-refractivity contribution in [2.24, 2.45) is 5.92 Å². The molecule has 4 rings (SSSR count). The lowest BCUT2D eigenvalue weighted by Gasteiger charge is -2.38. The van der Waals surface area contributed by atoms with E-state index in [2.05, 4.69) is 4.74 Å². The largest absolute Gasteiger partial charge is 0.573 e. The molecule has 1 saturated carbocycles. The second kappa shape index (κ2) is 13.1. The number of hydrogen-bond acceptors (Lipinski definition) is 6. The zero-order valence-electron chi connectivity index (χ0n) is 24.9. The van der Waals surface area contributed by atoms with Gasteiger partial charge in [-0.15, -0.1) is 13.2 Å².